The summed E-state index contributed by atoms with van der Waals surface area (Å²) < 4.78 is 10.3. The number of hydrazone groups is 1. The molecular weight excluding hydrogens is 434 g/mol. The van der Waals surface area contributed by atoms with E-state index in [2.05, 4.69) is 15.5 Å². The third-order valence-electron chi connectivity index (χ3n) is 5.40. The maximum Gasteiger partial charge on any atom is 0.288 e. The van der Waals surface area contributed by atoms with Gasteiger partial charge in [0.2, 0.25) is 0 Å². The van der Waals surface area contributed by atoms with Gasteiger partial charge in [0, 0.05) is 22.0 Å². The average molecular weight is 456 g/mol. The van der Waals surface area contributed by atoms with Gasteiger partial charge >= 0.3 is 0 Å². The zero-order chi connectivity index (χ0) is 24.2. The first-order valence-corrected chi connectivity index (χ1v) is 10.4. The van der Waals surface area contributed by atoms with Crippen LogP contribution in [0.4, 0.5) is 0 Å². The molecule has 8 heteroatoms. The Morgan fingerprint density at radius 1 is 1.03 bits per heavy atom. The molecule has 1 amide bonds. The quantitative estimate of drug-likeness (QED) is 0.327. The molecular formula is C26H22N3O5-. The van der Waals surface area contributed by atoms with E-state index in [-0.39, 0.29) is 22.6 Å². The second-order valence-corrected chi connectivity index (χ2v) is 7.54. The van der Waals surface area contributed by atoms with Gasteiger partial charge in [-0.15, -0.1) is 0 Å². The molecule has 4 rings (SSSR count). The minimum atomic E-state index is -1.46. The molecule has 0 fully saturated rings. The third-order valence-corrected chi connectivity index (χ3v) is 5.40. The highest BCUT2D eigenvalue weighted by atomic mass is 16.5. The number of H-pyrrole nitrogens is 1. The maximum absolute atomic E-state index is 13.1. The lowest BCUT2D eigenvalue weighted by Crippen LogP contribution is -2.25. The second kappa shape index (κ2) is 9.50. The highest BCUT2D eigenvalue weighted by molar-refractivity contribution is 6.10. The van der Waals surface area contributed by atoms with Crippen molar-refractivity contribution in [2.75, 3.05) is 14.2 Å². The van der Waals surface area contributed by atoms with E-state index in [4.69, 9.17) is 9.47 Å². The number of hydrogen-bond acceptors (Lipinski definition) is 6. The molecule has 2 N–H and O–H groups in total. The molecule has 3 aromatic carbocycles. The lowest BCUT2D eigenvalue weighted by atomic mass is 10.0. The van der Waals surface area contributed by atoms with E-state index in [0.29, 0.717) is 5.69 Å². The number of ether oxygens (including phenoxy) is 2. The van der Waals surface area contributed by atoms with Crippen LogP contribution in [0.3, 0.4) is 0 Å². The Bertz CT molecular complexity index is 1410. The number of nitrogens with zero attached hydrogens (tertiary/aromatic N) is 1. The first-order valence-electron chi connectivity index (χ1n) is 10.4. The summed E-state index contributed by atoms with van der Waals surface area (Å²) in [6.45, 7) is 1.99. The molecule has 0 saturated carbocycles. The van der Waals surface area contributed by atoms with Crippen LogP contribution in [0.25, 0.3) is 22.0 Å². The van der Waals surface area contributed by atoms with E-state index >= 15 is 0 Å². The summed E-state index contributed by atoms with van der Waals surface area (Å²) in [4.78, 5) is 28.0. The van der Waals surface area contributed by atoms with Gasteiger partial charge in [-0.3, -0.25) is 4.79 Å². The van der Waals surface area contributed by atoms with Crippen molar-refractivity contribution in [3.63, 3.8) is 0 Å². The Morgan fingerprint density at radius 3 is 2.47 bits per heavy atom. The predicted octanol–water partition coefficient (Wildman–Crippen LogP) is 3.29. The van der Waals surface area contributed by atoms with E-state index < -0.39 is 11.9 Å². The molecule has 8 nitrogen and oxygen atoms in total. The number of nitrogens with one attached hydrogen (secondary N) is 2. The zero-order valence-corrected chi connectivity index (χ0v) is 18.8. The number of fused-ring (bicyclic) bond motifs is 1. The number of amides is 1. The summed E-state index contributed by atoms with van der Waals surface area (Å²) >= 11 is 0. The molecule has 1 heterocycles. The molecule has 0 aliphatic heterocycles. The number of carboxylic acids is 1. The fourth-order valence-corrected chi connectivity index (χ4v) is 3.86. The van der Waals surface area contributed by atoms with Crippen molar-refractivity contribution in [3.8, 4) is 22.6 Å². The van der Waals surface area contributed by atoms with Gasteiger partial charge in [0.25, 0.3) is 5.91 Å². The number of aryl methyl sites for hydroxylation is 1. The topological polar surface area (TPSA) is 116 Å². The summed E-state index contributed by atoms with van der Waals surface area (Å²) in [6.07, 6.45) is 1.22. The Hall–Kier alpha value is -4.59. The van der Waals surface area contributed by atoms with Crippen LogP contribution in [0.2, 0.25) is 0 Å². The summed E-state index contributed by atoms with van der Waals surface area (Å²) in [5, 5.41) is 16.6. The normalized spacial score (nSPS) is 11.0. The zero-order valence-electron chi connectivity index (χ0n) is 18.8. The van der Waals surface area contributed by atoms with Crippen LogP contribution in [0.1, 0.15) is 32.0 Å². The molecule has 0 saturated heterocycles. The number of aromatic amines is 1. The van der Waals surface area contributed by atoms with E-state index in [1.807, 2.05) is 55.5 Å². The van der Waals surface area contributed by atoms with Gasteiger partial charge in [-0.2, -0.15) is 5.10 Å². The number of carboxylic acid groups (broad SMARTS) is 1. The summed E-state index contributed by atoms with van der Waals surface area (Å²) in [7, 11) is 2.73. The predicted molar refractivity (Wildman–Crippen MR) is 127 cm³/mol. The average Bonchev–Trinajstić information content (AvgIpc) is 3.22. The fraction of sp³-hybridized carbons (Fsp3) is 0.115. The van der Waals surface area contributed by atoms with Crippen LogP contribution >= 0.6 is 0 Å². The molecule has 34 heavy (non-hydrogen) atoms. The van der Waals surface area contributed by atoms with E-state index in [0.717, 1.165) is 27.6 Å². The maximum atomic E-state index is 13.1. The number of aromatic nitrogens is 1. The summed E-state index contributed by atoms with van der Waals surface area (Å²) in [6, 6.07) is 18.5. The van der Waals surface area contributed by atoms with Crippen molar-refractivity contribution < 1.29 is 24.2 Å². The molecule has 0 bridgehead atoms. The Balaban J connectivity index is 1.70. The molecule has 0 aliphatic rings. The number of carbonyl (C=O) groups excluding carboxylic acids is 2. The molecule has 0 atom stereocenters. The van der Waals surface area contributed by atoms with E-state index in [9.17, 15) is 14.7 Å². The first kappa shape index (κ1) is 22.6. The largest absolute Gasteiger partial charge is 0.545 e. The SMILES string of the molecule is COc1ccc(C=NNC(=O)c2[nH]c3ccc(C)cc3c2-c2ccccc2)c(C(=O)[O-])c1OC. The van der Waals surface area contributed by atoms with Crippen LogP contribution in [-0.4, -0.2) is 37.3 Å². The van der Waals surface area contributed by atoms with Crippen molar-refractivity contribution >= 4 is 29.0 Å². The van der Waals surface area contributed by atoms with Gasteiger partial charge in [0.15, 0.2) is 11.5 Å². The van der Waals surface area contributed by atoms with E-state index in [1.165, 1.54) is 26.5 Å². The number of aromatic carboxylic acids is 1. The van der Waals surface area contributed by atoms with Crippen LogP contribution in [0.5, 0.6) is 11.5 Å². The minimum absolute atomic E-state index is 0.00938. The van der Waals surface area contributed by atoms with Crippen molar-refractivity contribution in [2.24, 2.45) is 5.10 Å². The molecule has 172 valence electrons. The van der Waals surface area contributed by atoms with Gasteiger partial charge in [0.05, 0.1) is 32.0 Å². The van der Waals surface area contributed by atoms with Crippen molar-refractivity contribution in [1.29, 1.82) is 0 Å². The molecule has 0 radical (unpaired) electrons. The van der Waals surface area contributed by atoms with Gasteiger partial charge in [-0.25, -0.2) is 5.43 Å². The summed E-state index contributed by atoms with van der Waals surface area (Å²) in [5.74, 6) is -1.68. The smallest absolute Gasteiger partial charge is 0.288 e. The van der Waals surface area contributed by atoms with Crippen LogP contribution in [-0.2, 0) is 0 Å². The standard InChI is InChI=1S/C26H23N3O5/c1-15-9-11-19-18(13-15)21(16-7-5-4-6-8-16)23(28-19)25(30)29-27-14-17-10-12-20(33-2)24(34-3)22(17)26(31)32/h4-14,28H,1-3H3,(H,29,30)(H,31,32)/p-1. The first-order chi connectivity index (χ1) is 16.4. The molecule has 1 aromatic heterocycles. The monoisotopic (exact) mass is 456 g/mol. The van der Waals surface area contributed by atoms with Gasteiger partial charge < -0.3 is 24.4 Å². The Morgan fingerprint density at radius 2 is 1.79 bits per heavy atom. The number of rotatable bonds is 7. The highest BCUT2D eigenvalue weighted by Gasteiger charge is 2.19. The lowest BCUT2D eigenvalue weighted by molar-refractivity contribution is -0.255. The van der Waals surface area contributed by atoms with Crippen LogP contribution in [0, 0.1) is 6.92 Å². The van der Waals surface area contributed by atoms with Gasteiger partial charge in [-0.05, 0) is 36.8 Å². The second-order valence-electron chi connectivity index (χ2n) is 7.54. The van der Waals surface area contributed by atoms with Gasteiger partial charge in [0.1, 0.15) is 5.69 Å². The summed E-state index contributed by atoms with van der Waals surface area (Å²) in [5.41, 5.74) is 6.30. The number of carbonyl (C=O) groups is 2. The third kappa shape index (κ3) is 4.21. The van der Waals surface area contributed by atoms with Crippen LogP contribution < -0.4 is 20.0 Å². The molecule has 0 unspecified atom stereocenters. The fourth-order valence-electron chi connectivity index (χ4n) is 3.86. The number of benzene rings is 3. The highest BCUT2D eigenvalue weighted by Crippen LogP contribution is 2.34. The van der Waals surface area contributed by atoms with Crippen molar-refractivity contribution in [1.82, 2.24) is 10.4 Å². The molecule has 0 spiro atoms. The van der Waals surface area contributed by atoms with E-state index in [1.54, 1.807) is 6.07 Å². The number of methoxy groups -OCH3 is 2. The van der Waals surface area contributed by atoms with Crippen molar-refractivity contribution in [2.45, 2.75) is 6.92 Å². The number of hydrogen-bond donors (Lipinski definition) is 2. The Labute approximate surface area is 195 Å². The van der Waals surface area contributed by atoms with Crippen molar-refractivity contribution in [3.05, 3.63) is 83.0 Å². The Kier molecular flexibility index (Phi) is 6.31. The minimum Gasteiger partial charge on any atom is -0.545 e. The van der Waals surface area contributed by atoms with Gasteiger partial charge in [-0.1, -0.05) is 42.0 Å². The van der Waals surface area contributed by atoms with Crippen LogP contribution in [0.15, 0.2) is 65.8 Å². The molecule has 0 aliphatic carbocycles. The molecule has 4 aromatic rings. The lowest BCUT2D eigenvalue weighted by Gasteiger charge is -2.15.